The third-order valence-corrected chi connectivity index (χ3v) is 5.75. The van der Waals surface area contributed by atoms with Crippen molar-refractivity contribution in [3.63, 3.8) is 0 Å². The first-order valence-corrected chi connectivity index (χ1v) is 10.0. The van der Waals surface area contributed by atoms with Gasteiger partial charge in [-0.15, -0.1) is 0 Å². The zero-order chi connectivity index (χ0) is 18.9. The van der Waals surface area contributed by atoms with Gasteiger partial charge in [0.2, 0.25) is 15.9 Å². The number of nitrogens with zero attached hydrogens (tertiary/aromatic N) is 4. The molecule has 0 aliphatic heterocycles. The molecule has 0 aliphatic carbocycles. The van der Waals surface area contributed by atoms with E-state index in [1.54, 1.807) is 50.0 Å². The highest BCUT2D eigenvalue weighted by Gasteiger charge is 2.30. The molecule has 1 amide bonds. The molecule has 0 aliphatic rings. The molecule has 9 nitrogen and oxygen atoms in total. The number of sulfonamides is 1. The number of amides is 1. The van der Waals surface area contributed by atoms with Crippen LogP contribution < -0.4 is 10.0 Å². The lowest BCUT2D eigenvalue weighted by Gasteiger charge is -2.21. The summed E-state index contributed by atoms with van der Waals surface area (Å²) in [5, 5.41) is 6.70. The number of carbonyl (C=O) groups is 1. The van der Waals surface area contributed by atoms with E-state index in [2.05, 4.69) is 23.9 Å². The molecule has 26 heavy (non-hydrogen) atoms. The van der Waals surface area contributed by atoms with Crippen molar-refractivity contribution in [3.05, 3.63) is 30.5 Å². The predicted molar refractivity (Wildman–Crippen MR) is 98.2 cm³/mol. The maximum atomic E-state index is 12.8. The van der Waals surface area contributed by atoms with Gasteiger partial charge in [-0.1, -0.05) is 19.9 Å². The Kier molecular flexibility index (Phi) is 5.03. The Balaban J connectivity index is 1.87. The monoisotopic (exact) mass is 394 g/mol. The molecule has 0 radical (unpaired) electrons. The summed E-state index contributed by atoms with van der Waals surface area (Å²) in [7, 11) is -2.24. The summed E-state index contributed by atoms with van der Waals surface area (Å²) in [6, 6.07) is 5.39. The van der Waals surface area contributed by atoms with Crippen LogP contribution >= 0.6 is 11.7 Å². The molecule has 3 rings (SSSR count). The number of benzene rings is 1. The van der Waals surface area contributed by atoms with Gasteiger partial charge in [0.1, 0.15) is 22.0 Å². The molecule has 11 heteroatoms. The second-order valence-corrected chi connectivity index (χ2v) is 8.31. The fraction of sp³-hybridized carbons (Fsp3) is 0.333. The van der Waals surface area contributed by atoms with E-state index in [4.69, 9.17) is 0 Å². The Morgan fingerprint density at radius 3 is 2.65 bits per heavy atom. The number of hydrogen-bond acceptors (Lipinski definition) is 7. The molecule has 0 spiro atoms. The van der Waals surface area contributed by atoms with Crippen LogP contribution in [0.4, 0.5) is 5.82 Å². The van der Waals surface area contributed by atoms with Crippen molar-refractivity contribution in [2.75, 3.05) is 5.32 Å². The molecule has 0 bridgehead atoms. The fourth-order valence-corrected chi connectivity index (χ4v) is 4.52. The number of hydrogen-bond donors (Lipinski definition) is 2. The van der Waals surface area contributed by atoms with Gasteiger partial charge < -0.3 is 5.32 Å². The quantitative estimate of drug-likeness (QED) is 0.652. The minimum Gasteiger partial charge on any atom is -0.308 e. The van der Waals surface area contributed by atoms with Crippen molar-refractivity contribution in [1.29, 1.82) is 0 Å². The molecule has 1 atom stereocenters. The smallest absolute Gasteiger partial charge is 0.244 e. The summed E-state index contributed by atoms with van der Waals surface area (Å²) in [5.74, 6) is -0.403. The highest BCUT2D eigenvalue weighted by atomic mass is 32.2. The normalized spacial score (nSPS) is 13.2. The van der Waals surface area contributed by atoms with Gasteiger partial charge >= 0.3 is 0 Å². The first-order chi connectivity index (χ1) is 12.3. The molecule has 1 unspecified atom stereocenters. The minimum absolute atomic E-state index is 0.0000334. The molecule has 1 aromatic carbocycles. The van der Waals surface area contributed by atoms with Gasteiger partial charge in [-0.25, -0.2) is 8.42 Å². The SMILES string of the molecule is CC(C)C(NS(=O)(=O)c1cccc2nsnc12)C(=O)Nc1ccn(C)n1. The van der Waals surface area contributed by atoms with E-state index in [-0.39, 0.29) is 16.3 Å². The molecule has 0 saturated heterocycles. The van der Waals surface area contributed by atoms with Crippen LogP contribution in [0.15, 0.2) is 35.4 Å². The van der Waals surface area contributed by atoms with Gasteiger partial charge in [0.25, 0.3) is 0 Å². The van der Waals surface area contributed by atoms with Crippen molar-refractivity contribution in [2.24, 2.45) is 13.0 Å². The van der Waals surface area contributed by atoms with Crippen LogP contribution in [0.1, 0.15) is 13.8 Å². The van der Waals surface area contributed by atoms with Crippen LogP contribution in [-0.4, -0.2) is 38.9 Å². The average molecular weight is 394 g/mol. The molecular formula is C15H18N6O3S2. The number of aryl methyl sites for hydroxylation is 1. The van der Waals surface area contributed by atoms with Gasteiger partial charge in [-0.3, -0.25) is 9.48 Å². The third-order valence-electron chi connectivity index (χ3n) is 3.73. The highest BCUT2D eigenvalue weighted by molar-refractivity contribution is 7.89. The molecule has 3 aromatic rings. The zero-order valence-electron chi connectivity index (χ0n) is 14.4. The third kappa shape index (κ3) is 3.74. The number of carbonyl (C=O) groups excluding carboxylic acids is 1. The summed E-state index contributed by atoms with van der Waals surface area (Å²) in [5.41, 5.74) is 0.787. The topological polar surface area (TPSA) is 119 Å². The zero-order valence-corrected chi connectivity index (χ0v) is 16.0. The second kappa shape index (κ2) is 7.09. The largest absolute Gasteiger partial charge is 0.308 e. The van der Waals surface area contributed by atoms with Crippen molar-refractivity contribution >= 4 is 44.5 Å². The number of nitrogens with one attached hydrogen (secondary N) is 2. The Hall–Kier alpha value is -2.37. The molecule has 0 fully saturated rings. The van der Waals surface area contributed by atoms with Crippen LogP contribution in [-0.2, 0) is 21.9 Å². The maximum Gasteiger partial charge on any atom is 0.244 e. The number of anilines is 1. The standard InChI is InChI=1S/C15H18N6O3S2/c1-9(2)13(15(22)16-12-7-8-21(3)17-12)20-26(23,24)11-6-4-5-10-14(11)19-25-18-10/h4-9,13,20H,1-3H3,(H,16,17,22). The van der Waals surface area contributed by atoms with Crippen molar-refractivity contribution < 1.29 is 13.2 Å². The predicted octanol–water partition coefficient (Wildman–Crippen LogP) is 1.37. The first-order valence-electron chi connectivity index (χ1n) is 7.82. The van der Waals surface area contributed by atoms with E-state index < -0.39 is 22.0 Å². The highest BCUT2D eigenvalue weighted by Crippen LogP contribution is 2.22. The fourth-order valence-electron chi connectivity index (χ4n) is 2.41. The Bertz CT molecular complexity index is 1040. The molecule has 138 valence electrons. The van der Waals surface area contributed by atoms with Gasteiger partial charge in [0, 0.05) is 19.3 Å². The van der Waals surface area contributed by atoms with Crippen LogP contribution in [0.3, 0.4) is 0 Å². The van der Waals surface area contributed by atoms with Gasteiger partial charge in [0.05, 0.1) is 11.7 Å². The van der Waals surface area contributed by atoms with Crippen LogP contribution in [0.5, 0.6) is 0 Å². The minimum atomic E-state index is -3.97. The van der Waals surface area contributed by atoms with E-state index in [0.717, 1.165) is 11.7 Å². The number of aromatic nitrogens is 4. The molecule has 0 saturated carbocycles. The number of fused-ring (bicyclic) bond motifs is 1. The Labute approximate surface area is 154 Å². The van der Waals surface area contributed by atoms with E-state index in [0.29, 0.717) is 11.3 Å². The summed E-state index contributed by atoms with van der Waals surface area (Å²) < 4.78 is 37.8. The lowest BCUT2D eigenvalue weighted by atomic mass is 10.1. The molecular weight excluding hydrogens is 376 g/mol. The summed E-state index contributed by atoms with van der Waals surface area (Å²) in [6.45, 7) is 3.52. The van der Waals surface area contributed by atoms with Crippen LogP contribution in [0, 0.1) is 5.92 Å². The van der Waals surface area contributed by atoms with Crippen molar-refractivity contribution in [2.45, 2.75) is 24.8 Å². The first kappa shape index (κ1) is 18.4. The number of rotatable bonds is 6. The molecule has 2 N–H and O–H groups in total. The summed E-state index contributed by atoms with van der Waals surface area (Å²) in [6.07, 6.45) is 1.68. The van der Waals surface area contributed by atoms with E-state index in [1.807, 2.05) is 0 Å². The summed E-state index contributed by atoms with van der Waals surface area (Å²) in [4.78, 5) is 12.6. The molecule has 2 aromatic heterocycles. The van der Waals surface area contributed by atoms with E-state index >= 15 is 0 Å². The average Bonchev–Trinajstić information content (AvgIpc) is 3.20. The maximum absolute atomic E-state index is 12.8. The lowest BCUT2D eigenvalue weighted by molar-refractivity contribution is -0.118. The van der Waals surface area contributed by atoms with Crippen molar-refractivity contribution in [3.8, 4) is 0 Å². The van der Waals surface area contributed by atoms with Gasteiger partial charge in [-0.2, -0.15) is 18.6 Å². The van der Waals surface area contributed by atoms with Gasteiger partial charge in [0.15, 0.2) is 5.82 Å². The van der Waals surface area contributed by atoms with E-state index in [1.165, 1.54) is 6.07 Å². The summed E-state index contributed by atoms with van der Waals surface area (Å²) >= 11 is 0.937. The van der Waals surface area contributed by atoms with Crippen molar-refractivity contribution in [1.82, 2.24) is 23.2 Å². The van der Waals surface area contributed by atoms with Crippen LogP contribution in [0.25, 0.3) is 11.0 Å². The Morgan fingerprint density at radius 1 is 1.23 bits per heavy atom. The Morgan fingerprint density at radius 2 is 2.00 bits per heavy atom. The van der Waals surface area contributed by atoms with Gasteiger partial charge in [-0.05, 0) is 18.1 Å². The van der Waals surface area contributed by atoms with E-state index in [9.17, 15) is 13.2 Å². The van der Waals surface area contributed by atoms with Crippen LogP contribution in [0.2, 0.25) is 0 Å². The lowest BCUT2D eigenvalue weighted by Crippen LogP contribution is -2.47. The molecule has 2 heterocycles. The second-order valence-electron chi connectivity index (χ2n) is 6.09.